The molecule has 1 atom stereocenters. The highest BCUT2D eigenvalue weighted by Crippen LogP contribution is 2.20. The van der Waals surface area contributed by atoms with E-state index >= 15 is 0 Å². The molecule has 1 fully saturated rings. The average molecular weight is 288 g/mol. The summed E-state index contributed by atoms with van der Waals surface area (Å²) < 4.78 is 10.9. The molecule has 0 spiro atoms. The molecule has 1 aliphatic heterocycles. The molecule has 0 unspecified atom stereocenters. The van der Waals surface area contributed by atoms with Crippen LogP contribution in [-0.2, 0) is 9.53 Å². The van der Waals surface area contributed by atoms with Gasteiger partial charge in [0, 0.05) is 26.1 Å². The van der Waals surface area contributed by atoms with Crippen molar-refractivity contribution >= 4 is 5.91 Å². The molecule has 21 heavy (non-hydrogen) atoms. The quantitative estimate of drug-likeness (QED) is 0.919. The molecule has 1 aromatic rings. The Balaban J connectivity index is 1.97. The van der Waals surface area contributed by atoms with Crippen LogP contribution in [0.5, 0.6) is 5.75 Å². The maximum atomic E-state index is 12.2. The first-order valence-corrected chi connectivity index (χ1v) is 7.09. The number of nitrogens with zero attached hydrogens (tertiary/aromatic N) is 1. The molecule has 1 aliphatic rings. The number of amides is 1. The van der Waals surface area contributed by atoms with E-state index in [9.17, 15) is 10.1 Å². The Morgan fingerprint density at radius 3 is 2.81 bits per heavy atom. The van der Waals surface area contributed by atoms with Gasteiger partial charge in [-0.05, 0) is 31.5 Å². The fourth-order valence-electron chi connectivity index (χ4n) is 2.27. The van der Waals surface area contributed by atoms with Crippen molar-refractivity contribution in [2.75, 3.05) is 13.2 Å². The van der Waals surface area contributed by atoms with Crippen LogP contribution in [0.2, 0.25) is 0 Å². The number of hydrogen-bond acceptors (Lipinski definition) is 4. The van der Waals surface area contributed by atoms with Crippen molar-refractivity contribution in [1.82, 2.24) is 5.32 Å². The summed E-state index contributed by atoms with van der Waals surface area (Å²) in [6.07, 6.45) is 0.360. The zero-order valence-electron chi connectivity index (χ0n) is 12.4. The third-order valence-corrected chi connectivity index (χ3v) is 3.59. The Bertz CT molecular complexity index is 545. The summed E-state index contributed by atoms with van der Waals surface area (Å²) >= 11 is 0. The zero-order chi connectivity index (χ0) is 15.3. The van der Waals surface area contributed by atoms with E-state index < -0.39 is 11.6 Å². The van der Waals surface area contributed by atoms with E-state index in [4.69, 9.17) is 9.47 Å². The topological polar surface area (TPSA) is 71.3 Å². The number of carbonyl (C=O) groups excluding carboxylic acids is 1. The van der Waals surface area contributed by atoms with E-state index in [1.165, 1.54) is 0 Å². The lowest BCUT2D eigenvalue weighted by molar-refractivity contribution is -0.129. The van der Waals surface area contributed by atoms with Gasteiger partial charge in [0.25, 0.3) is 5.91 Å². The lowest BCUT2D eigenvalue weighted by Crippen LogP contribution is -2.54. The lowest BCUT2D eigenvalue weighted by atomic mass is 9.91. The van der Waals surface area contributed by atoms with Gasteiger partial charge < -0.3 is 14.8 Å². The summed E-state index contributed by atoms with van der Waals surface area (Å²) in [6, 6.07) is 9.73. The summed E-state index contributed by atoms with van der Waals surface area (Å²) in [7, 11) is 0. The minimum Gasteiger partial charge on any atom is -0.481 e. The van der Waals surface area contributed by atoms with Gasteiger partial charge in [0.15, 0.2) is 6.10 Å². The fraction of sp³-hybridized carbons (Fsp3) is 0.500. The predicted molar refractivity (Wildman–Crippen MR) is 77.8 cm³/mol. The standard InChI is InChI=1S/C16H20N2O3/c1-12-4-3-5-14(10-12)21-13(2)15(19)18-16(11-17)6-8-20-9-7-16/h3-5,10,13H,6-9H2,1-2H3,(H,18,19)/t13-/m0/s1. The molecule has 1 N–H and O–H groups in total. The molecule has 1 heterocycles. The number of benzene rings is 1. The molecule has 1 aromatic carbocycles. The number of ether oxygens (including phenoxy) is 2. The smallest absolute Gasteiger partial charge is 0.262 e. The molecule has 5 heteroatoms. The maximum Gasteiger partial charge on any atom is 0.262 e. The molecular weight excluding hydrogens is 268 g/mol. The molecule has 0 aromatic heterocycles. The van der Waals surface area contributed by atoms with Crippen LogP contribution in [0.15, 0.2) is 24.3 Å². The third-order valence-electron chi connectivity index (χ3n) is 3.59. The van der Waals surface area contributed by atoms with Crippen molar-refractivity contribution in [3.63, 3.8) is 0 Å². The second-order valence-corrected chi connectivity index (χ2v) is 5.37. The van der Waals surface area contributed by atoms with E-state index in [1.54, 1.807) is 6.92 Å². The molecule has 1 amide bonds. The molecule has 112 valence electrons. The largest absolute Gasteiger partial charge is 0.481 e. The Kier molecular flexibility index (Phi) is 4.81. The van der Waals surface area contributed by atoms with Crippen LogP contribution in [0.1, 0.15) is 25.3 Å². The molecule has 0 saturated carbocycles. The summed E-state index contributed by atoms with van der Waals surface area (Å²) in [5, 5.41) is 12.1. The van der Waals surface area contributed by atoms with E-state index in [-0.39, 0.29) is 5.91 Å². The maximum absolute atomic E-state index is 12.2. The molecule has 1 saturated heterocycles. The van der Waals surface area contributed by atoms with Gasteiger partial charge in [0.2, 0.25) is 0 Å². The van der Waals surface area contributed by atoms with Gasteiger partial charge in [-0.25, -0.2) is 0 Å². The fourth-order valence-corrected chi connectivity index (χ4v) is 2.27. The summed E-state index contributed by atoms with van der Waals surface area (Å²) in [5.41, 5.74) is 0.234. The number of carbonyl (C=O) groups is 1. The monoisotopic (exact) mass is 288 g/mol. The molecule has 0 radical (unpaired) electrons. The second kappa shape index (κ2) is 6.59. The summed E-state index contributed by atoms with van der Waals surface area (Å²) in [6.45, 7) is 4.62. The highest BCUT2D eigenvalue weighted by molar-refractivity contribution is 5.82. The number of nitrogens with one attached hydrogen (secondary N) is 1. The van der Waals surface area contributed by atoms with Gasteiger partial charge in [-0.15, -0.1) is 0 Å². The van der Waals surface area contributed by atoms with Crippen LogP contribution >= 0.6 is 0 Å². The molecule has 0 bridgehead atoms. The van der Waals surface area contributed by atoms with Gasteiger partial charge in [-0.2, -0.15) is 5.26 Å². The van der Waals surface area contributed by atoms with Crippen LogP contribution in [0.4, 0.5) is 0 Å². The van der Waals surface area contributed by atoms with Gasteiger partial charge in [0.1, 0.15) is 11.3 Å². The van der Waals surface area contributed by atoms with Crippen molar-refractivity contribution in [2.45, 2.75) is 38.3 Å². The Morgan fingerprint density at radius 1 is 1.48 bits per heavy atom. The Labute approximate surface area is 124 Å². The minimum atomic E-state index is -0.834. The van der Waals surface area contributed by atoms with Gasteiger partial charge in [-0.3, -0.25) is 4.79 Å². The molecule has 5 nitrogen and oxygen atoms in total. The van der Waals surface area contributed by atoms with Crippen molar-refractivity contribution in [3.8, 4) is 11.8 Å². The van der Waals surface area contributed by atoms with Crippen LogP contribution < -0.4 is 10.1 Å². The summed E-state index contributed by atoms with van der Waals surface area (Å²) in [4.78, 5) is 12.2. The third kappa shape index (κ3) is 3.96. The molecular formula is C16H20N2O3. The Morgan fingerprint density at radius 2 is 2.19 bits per heavy atom. The highest BCUT2D eigenvalue weighted by atomic mass is 16.5. The highest BCUT2D eigenvalue weighted by Gasteiger charge is 2.35. The van der Waals surface area contributed by atoms with E-state index in [2.05, 4.69) is 11.4 Å². The van der Waals surface area contributed by atoms with Crippen molar-refractivity contribution < 1.29 is 14.3 Å². The van der Waals surface area contributed by atoms with Crippen molar-refractivity contribution in [2.24, 2.45) is 0 Å². The average Bonchev–Trinajstić information content (AvgIpc) is 2.48. The van der Waals surface area contributed by atoms with Crippen LogP contribution in [0.3, 0.4) is 0 Å². The summed E-state index contributed by atoms with van der Waals surface area (Å²) in [5.74, 6) is 0.371. The van der Waals surface area contributed by atoms with Crippen LogP contribution in [-0.4, -0.2) is 30.8 Å². The second-order valence-electron chi connectivity index (χ2n) is 5.37. The number of hydrogen-bond donors (Lipinski definition) is 1. The van der Waals surface area contributed by atoms with Gasteiger partial charge >= 0.3 is 0 Å². The predicted octanol–water partition coefficient (Wildman–Crippen LogP) is 1.95. The Hall–Kier alpha value is -2.06. The van der Waals surface area contributed by atoms with Crippen LogP contribution in [0, 0.1) is 18.3 Å². The lowest BCUT2D eigenvalue weighted by Gasteiger charge is -2.32. The van der Waals surface area contributed by atoms with Gasteiger partial charge in [-0.1, -0.05) is 12.1 Å². The van der Waals surface area contributed by atoms with E-state index in [0.717, 1.165) is 5.56 Å². The number of aryl methyl sites for hydroxylation is 1. The van der Waals surface area contributed by atoms with E-state index in [1.807, 2.05) is 31.2 Å². The number of nitriles is 1. The van der Waals surface area contributed by atoms with Crippen molar-refractivity contribution in [1.29, 1.82) is 5.26 Å². The first-order valence-electron chi connectivity index (χ1n) is 7.09. The molecule has 2 rings (SSSR count). The normalized spacial score (nSPS) is 18.3. The first-order chi connectivity index (χ1) is 10.0. The minimum absolute atomic E-state index is 0.278. The SMILES string of the molecule is Cc1cccc(O[C@@H](C)C(=O)NC2(C#N)CCOCC2)c1. The zero-order valence-corrected chi connectivity index (χ0v) is 12.4. The molecule has 0 aliphatic carbocycles. The van der Waals surface area contributed by atoms with Crippen molar-refractivity contribution in [3.05, 3.63) is 29.8 Å². The number of rotatable bonds is 4. The van der Waals surface area contributed by atoms with E-state index in [0.29, 0.717) is 31.8 Å². The first kappa shape index (κ1) is 15.3. The van der Waals surface area contributed by atoms with Crippen LogP contribution in [0.25, 0.3) is 0 Å². The van der Waals surface area contributed by atoms with Gasteiger partial charge in [0.05, 0.1) is 6.07 Å².